The van der Waals surface area contributed by atoms with Gasteiger partial charge in [-0.2, -0.15) is 5.10 Å². The third-order valence-electron chi connectivity index (χ3n) is 5.29. The molecule has 0 radical (unpaired) electrons. The summed E-state index contributed by atoms with van der Waals surface area (Å²) in [6, 6.07) is 21.1. The smallest absolute Gasteiger partial charge is 0.267 e. The number of para-hydroxylation sites is 2. The summed E-state index contributed by atoms with van der Waals surface area (Å²) >= 11 is 0. The highest BCUT2D eigenvalue weighted by molar-refractivity contribution is 5.91. The largest absolute Gasteiger partial charge is 0.368 e. The summed E-state index contributed by atoms with van der Waals surface area (Å²) in [5, 5.41) is 7.30. The van der Waals surface area contributed by atoms with Crippen molar-refractivity contribution in [2.45, 2.75) is 13.5 Å². The van der Waals surface area contributed by atoms with Gasteiger partial charge in [-0.15, -0.1) is 0 Å². The van der Waals surface area contributed by atoms with Crippen molar-refractivity contribution in [1.82, 2.24) is 9.78 Å². The summed E-state index contributed by atoms with van der Waals surface area (Å²) in [6.07, 6.45) is 0. The lowest BCUT2D eigenvalue weighted by molar-refractivity contribution is -0.117. The lowest BCUT2D eigenvalue weighted by Crippen LogP contribution is -2.47. The lowest BCUT2D eigenvalue weighted by atomic mass is 10.2. The van der Waals surface area contributed by atoms with Crippen LogP contribution in [0.3, 0.4) is 0 Å². The fourth-order valence-corrected chi connectivity index (χ4v) is 3.59. The molecular formula is C23H25N5O2. The van der Waals surface area contributed by atoms with Crippen LogP contribution in [0, 0.1) is 6.92 Å². The first-order chi connectivity index (χ1) is 14.6. The minimum Gasteiger partial charge on any atom is -0.368 e. The Bertz CT molecular complexity index is 1070. The number of aromatic nitrogens is 2. The first-order valence-corrected chi connectivity index (χ1v) is 10.1. The Morgan fingerprint density at radius 2 is 1.57 bits per heavy atom. The second-order valence-electron chi connectivity index (χ2n) is 7.36. The molecule has 7 nitrogen and oxygen atoms in total. The van der Waals surface area contributed by atoms with E-state index >= 15 is 0 Å². The number of carbonyl (C=O) groups excluding carboxylic acids is 1. The van der Waals surface area contributed by atoms with Crippen LogP contribution in [0.25, 0.3) is 0 Å². The van der Waals surface area contributed by atoms with Crippen molar-refractivity contribution in [2.24, 2.45) is 0 Å². The molecule has 1 amide bonds. The van der Waals surface area contributed by atoms with Crippen LogP contribution in [0.5, 0.6) is 0 Å². The van der Waals surface area contributed by atoms with E-state index in [2.05, 4.69) is 32.3 Å². The molecular weight excluding hydrogens is 378 g/mol. The molecule has 0 atom stereocenters. The van der Waals surface area contributed by atoms with E-state index in [4.69, 9.17) is 0 Å². The van der Waals surface area contributed by atoms with E-state index in [9.17, 15) is 9.59 Å². The normalized spacial score (nSPS) is 13.9. The molecule has 1 aliphatic heterocycles. The van der Waals surface area contributed by atoms with E-state index in [0.29, 0.717) is 5.82 Å². The average molecular weight is 403 g/mol. The van der Waals surface area contributed by atoms with Gasteiger partial charge in [0.05, 0.1) is 0 Å². The fraction of sp³-hybridized carbons (Fsp3) is 0.261. The van der Waals surface area contributed by atoms with Gasteiger partial charge in [0.15, 0.2) is 0 Å². The zero-order chi connectivity index (χ0) is 20.9. The number of hydrogen-bond acceptors (Lipinski definition) is 5. The average Bonchev–Trinajstić information content (AvgIpc) is 2.78. The van der Waals surface area contributed by atoms with Gasteiger partial charge >= 0.3 is 0 Å². The number of nitrogens with one attached hydrogen (secondary N) is 1. The number of carbonyl (C=O) groups is 1. The van der Waals surface area contributed by atoms with Gasteiger partial charge in [0, 0.05) is 43.6 Å². The predicted molar refractivity (Wildman–Crippen MR) is 119 cm³/mol. The Balaban J connectivity index is 1.42. The van der Waals surface area contributed by atoms with Gasteiger partial charge in [-0.25, -0.2) is 4.68 Å². The van der Waals surface area contributed by atoms with E-state index in [-0.39, 0.29) is 18.0 Å². The molecule has 3 aromatic rings. The van der Waals surface area contributed by atoms with Crippen LogP contribution in [-0.2, 0) is 11.3 Å². The molecule has 1 saturated heterocycles. The van der Waals surface area contributed by atoms with Gasteiger partial charge in [0.25, 0.3) is 5.56 Å². The number of aryl methyl sites for hydroxylation is 1. The van der Waals surface area contributed by atoms with Crippen LogP contribution < -0.4 is 20.7 Å². The topological polar surface area (TPSA) is 70.5 Å². The van der Waals surface area contributed by atoms with Crippen molar-refractivity contribution < 1.29 is 4.79 Å². The summed E-state index contributed by atoms with van der Waals surface area (Å²) in [7, 11) is 0. The predicted octanol–water partition coefficient (Wildman–Crippen LogP) is 2.52. The maximum Gasteiger partial charge on any atom is 0.267 e. The lowest BCUT2D eigenvalue weighted by Gasteiger charge is -2.36. The number of hydrogen-bond donors (Lipinski definition) is 1. The molecule has 0 aliphatic carbocycles. The summed E-state index contributed by atoms with van der Waals surface area (Å²) in [4.78, 5) is 29.2. The van der Waals surface area contributed by atoms with E-state index < -0.39 is 0 Å². The van der Waals surface area contributed by atoms with E-state index in [1.54, 1.807) is 6.07 Å². The summed E-state index contributed by atoms with van der Waals surface area (Å²) in [6.45, 7) is 5.16. The summed E-state index contributed by atoms with van der Waals surface area (Å²) < 4.78 is 1.23. The quantitative estimate of drug-likeness (QED) is 0.709. The maximum atomic E-state index is 12.4. The van der Waals surface area contributed by atoms with Crippen molar-refractivity contribution in [2.75, 3.05) is 41.3 Å². The standard InChI is InChI=1S/C23H25N5O2/c1-18-7-5-6-10-20(18)24-22(29)17-28-23(30)12-11-21(25-28)27-15-13-26(14-16-27)19-8-3-2-4-9-19/h2-12H,13-17H2,1H3,(H,24,29). The molecule has 0 bridgehead atoms. The Kier molecular flexibility index (Phi) is 5.79. The molecule has 30 heavy (non-hydrogen) atoms. The molecule has 1 fully saturated rings. The van der Waals surface area contributed by atoms with Gasteiger partial charge in [-0.3, -0.25) is 9.59 Å². The zero-order valence-electron chi connectivity index (χ0n) is 17.0. The van der Waals surface area contributed by atoms with Crippen LogP contribution in [-0.4, -0.2) is 41.9 Å². The number of anilines is 3. The molecule has 0 saturated carbocycles. The number of benzene rings is 2. The highest BCUT2D eigenvalue weighted by Crippen LogP contribution is 2.18. The number of rotatable bonds is 5. The first kappa shape index (κ1) is 19.7. The number of piperazine rings is 1. The molecule has 7 heteroatoms. The number of nitrogens with zero attached hydrogens (tertiary/aromatic N) is 4. The van der Waals surface area contributed by atoms with Gasteiger partial charge in [-0.05, 0) is 36.8 Å². The molecule has 1 aliphatic rings. The summed E-state index contributed by atoms with van der Waals surface area (Å²) in [5.41, 5.74) is 2.63. The Morgan fingerprint density at radius 3 is 2.30 bits per heavy atom. The Hall–Kier alpha value is -3.61. The number of amides is 1. The third kappa shape index (κ3) is 4.51. The highest BCUT2D eigenvalue weighted by Gasteiger charge is 2.19. The second-order valence-corrected chi connectivity index (χ2v) is 7.36. The van der Waals surface area contributed by atoms with Crippen LogP contribution in [0.4, 0.5) is 17.2 Å². The minimum absolute atomic E-state index is 0.120. The molecule has 2 heterocycles. The van der Waals surface area contributed by atoms with Gasteiger partial charge in [0.2, 0.25) is 5.91 Å². The van der Waals surface area contributed by atoms with Crippen molar-refractivity contribution in [1.29, 1.82) is 0 Å². The van der Waals surface area contributed by atoms with E-state index in [1.165, 1.54) is 16.4 Å². The van der Waals surface area contributed by atoms with Crippen molar-refractivity contribution in [3.05, 3.63) is 82.6 Å². The third-order valence-corrected chi connectivity index (χ3v) is 5.29. The molecule has 2 aromatic carbocycles. The minimum atomic E-state index is -0.290. The maximum absolute atomic E-state index is 12.4. The van der Waals surface area contributed by atoms with Gasteiger partial charge in [0.1, 0.15) is 12.4 Å². The van der Waals surface area contributed by atoms with Crippen molar-refractivity contribution >= 4 is 23.1 Å². The van der Waals surface area contributed by atoms with Crippen LogP contribution >= 0.6 is 0 Å². The first-order valence-electron chi connectivity index (χ1n) is 10.1. The monoisotopic (exact) mass is 403 g/mol. The second kappa shape index (κ2) is 8.82. The zero-order valence-corrected chi connectivity index (χ0v) is 17.0. The van der Waals surface area contributed by atoms with Crippen LogP contribution in [0.15, 0.2) is 71.5 Å². The fourth-order valence-electron chi connectivity index (χ4n) is 3.59. The molecule has 4 rings (SSSR count). The molecule has 0 unspecified atom stereocenters. The van der Waals surface area contributed by atoms with Crippen LogP contribution in [0.2, 0.25) is 0 Å². The molecule has 1 N–H and O–H groups in total. The molecule has 1 aromatic heterocycles. The van der Waals surface area contributed by atoms with Gasteiger partial charge in [-0.1, -0.05) is 36.4 Å². The Labute approximate surface area is 175 Å². The Morgan fingerprint density at radius 1 is 0.900 bits per heavy atom. The van der Waals surface area contributed by atoms with Crippen LogP contribution in [0.1, 0.15) is 5.56 Å². The van der Waals surface area contributed by atoms with Crippen molar-refractivity contribution in [3.8, 4) is 0 Å². The molecule has 0 spiro atoms. The van der Waals surface area contributed by atoms with E-state index in [1.807, 2.05) is 49.4 Å². The highest BCUT2D eigenvalue weighted by atomic mass is 16.2. The summed E-state index contributed by atoms with van der Waals surface area (Å²) in [5.74, 6) is 0.441. The van der Waals surface area contributed by atoms with E-state index in [0.717, 1.165) is 37.4 Å². The SMILES string of the molecule is Cc1ccccc1NC(=O)Cn1nc(N2CCN(c3ccccc3)CC2)ccc1=O. The van der Waals surface area contributed by atoms with Crippen molar-refractivity contribution in [3.63, 3.8) is 0 Å². The van der Waals surface area contributed by atoms with Gasteiger partial charge < -0.3 is 15.1 Å². The molecule has 154 valence electrons.